The second-order valence-electron chi connectivity index (χ2n) is 8.74. The molecule has 2 heterocycles. The summed E-state index contributed by atoms with van der Waals surface area (Å²) in [5.74, 6) is 1.67. The van der Waals surface area contributed by atoms with E-state index in [0.29, 0.717) is 28.6 Å². The van der Waals surface area contributed by atoms with E-state index in [0.717, 1.165) is 42.6 Å². The maximum atomic E-state index is 13.4. The third kappa shape index (κ3) is 5.93. The van der Waals surface area contributed by atoms with E-state index in [9.17, 15) is 9.50 Å². The van der Waals surface area contributed by atoms with E-state index in [-0.39, 0.29) is 18.5 Å². The lowest BCUT2D eigenvalue weighted by atomic mass is 10.1. The van der Waals surface area contributed by atoms with E-state index >= 15 is 0 Å². The van der Waals surface area contributed by atoms with Gasteiger partial charge >= 0.3 is 0 Å². The topological polar surface area (TPSA) is 68.0 Å². The van der Waals surface area contributed by atoms with Crippen molar-refractivity contribution < 1.29 is 23.5 Å². The first-order chi connectivity index (χ1) is 17.0. The molecule has 0 aliphatic carbocycles. The number of aromatic nitrogens is 1. The molecule has 1 aromatic heterocycles. The molecule has 182 valence electrons. The van der Waals surface area contributed by atoms with Crippen LogP contribution in [0.25, 0.3) is 22.2 Å². The van der Waals surface area contributed by atoms with Gasteiger partial charge in [0.2, 0.25) is 0 Å². The van der Waals surface area contributed by atoms with Crippen LogP contribution < -0.4 is 9.47 Å². The molecule has 1 fully saturated rings. The highest BCUT2D eigenvalue weighted by atomic mass is 35.5. The van der Waals surface area contributed by atoms with Crippen molar-refractivity contribution >= 4 is 22.5 Å². The lowest BCUT2D eigenvalue weighted by molar-refractivity contribution is 0.0401. The summed E-state index contributed by atoms with van der Waals surface area (Å²) in [6.07, 6.45) is 1.33. The van der Waals surface area contributed by atoms with Crippen LogP contribution in [0.3, 0.4) is 0 Å². The molecular weight excluding hydrogens is 471 g/mol. The van der Waals surface area contributed by atoms with Crippen molar-refractivity contribution in [3.05, 3.63) is 77.6 Å². The Morgan fingerprint density at radius 2 is 1.86 bits per heavy atom. The summed E-state index contributed by atoms with van der Waals surface area (Å²) in [6.45, 7) is 2.45. The van der Waals surface area contributed by atoms with Crippen molar-refractivity contribution in [3.63, 3.8) is 0 Å². The van der Waals surface area contributed by atoms with Gasteiger partial charge in [0.1, 0.15) is 41.6 Å². The van der Waals surface area contributed by atoms with Crippen molar-refractivity contribution in [1.29, 1.82) is 0 Å². The quantitative estimate of drug-likeness (QED) is 0.344. The van der Waals surface area contributed by atoms with Gasteiger partial charge in [-0.1, -0.05) is 22.8 Å². The van der Waals surface area contributed by atoms with Crippen molar-refractivity contribution in [1.82, 2.24) is 10.1 Å². The third-order valence-corrected chi connectivity index (χ3v) is 6.34. The Morgan fingerprint density at radius 3 is 2.63 bits per heavy atom. The number of ether oxygens (including phenoxy) is 2. The SMILES string of the molecule is O[C@H](COc1ccc(-c2onc3cc(F)ccc23)cc1)CN1CCC(Oc2cccc(Cl)c2)CC1. The van der Waals surface area contributed by atoms with Gasteiger partial charge in [0.15, 0.2) is 5.76 Å². The molecule has 1 aliphatic heterocycles. The van der Waals surface area contributed by atoms with Crippen molar-refractivity contribution in [2.24, 2.45) is 0 Å². The van der Waals surface area contributed by atoms with Crippen LogP contribution in [-0.2, 0) is 0 Å². The Morgan fingerprint density at radius 1 is 1.06 bits per heavy atom. The fraction of sp³-hybridized carbons (Fsp3) is 0.296. The van der Waals surface area contributed by atoms with Crippen LogP contribution in [0, 0.1) is 5.82 Å². The number of nitrogens with zero attached hydrogens (tertiary/aromatic N) is 2. The number of aliphatic hydroxyl groups is 1. The van der Waals surface area contributed by atoms with Gasteiger partial charge in [-0.15, -0.1) is 0 Å². The predicted octanol–water partition coefficient (Wildman–Crippen LogP) is 5.57. The summed E-state index contributed by atoms with van der Waals surface area (Å²) in [5.41, 5.74) is 1.29. The highest BCUT2D eigenvalue weighted by molar-refractivity contribution is 6.30. The van der Waals surface area contributed by atoms with Crippen LogP contribution in [0.5, 0.6) is 11.5 Å². The van der Waals surface area contributed by atoms with Gasteiger partial charge in [-0.2, -0.15) is 0 Å². The Labute approximate surface area is 207 Å². The normalized spacial score (nSPS) is 15.9. The number of hydrogen-bond donors (Lipinski definition) is 1. The van der Waals surface area contributed by atoms with Crippen LogP contribution in [0.15, 0.2) is 71.3 Å². The number of aliphatic hydroxyl groups excluding tert-OH is 1. The van der Waals surface area contributed by atoms with E-state index in [2.05, 4.69) is 10.1 Å². The molecule has 5 rings (SSSR count). The van der Waals surface area contributed by atoms with Gasteiger partial charge in [-0.3, -0.25) is 0 Å². The molecule has 1 N–H and O–H groups in total. The maximum absolute atomic E-state index is 13.4. The number of piperidine rings is 1. The molecule has 0 saturated carbocycles. The van der Waals surface area contributed by atoms with Crippen molar-refractivity contribution in [2.45, 2.75) is 25.0 Å². The highest BCUT2D eigenvalue weighted by Gasteiger charge is 2.22. The molecule has 35 heavy (non-hydrogen) atoms. The number of benzene rings is 3. The lowest BCUT2D eigenvalue weighted by Gasteiger charge is -2.33. The summed E-state index contributed by atoms with van der Waals surface area (Å²) < 4.78 is 30.6. The average molecular weight is 497 g/mol. The van der Waals surface area contributed by atoms with Crippen LogP contribution in [0.1, 0.15) is 12.8 Å². The van der Waals surface area contributed by atoms with Crippen LogP contribution in [0.4, 0.5) is 4.39 Å². The smallest absolute Gasteiger partial charge is 0.174 e. The molecule has 0 amide bonds. The molecule has 8 heteroatoms. The molecule has 0 spiro atoms. The summed E-state index contributed by atoms with van der Waals surface area (Å²) in [4.78, 5) is 2.23. The Balaban J connectivity index is 1.08. The number of halogens is 2. The molecule has 0 bridgehead atoms. The van der Waals surface area contributed by atoms with Crippen molar-refractivity contribution in [2.75, 3.05) is 26.2 Å². The first-order valence-corrected chi connectivity index (χ1v) is 12.0. The molecule has 6 nitrogen and oxygen atoms in total. The molecule has 0 radical (unpaired) electrons. The minimum atomic E-state index is -0.604. The van der Waals surface area contributed by atoms with Crippen molar-refractivity contribution in [3.8, 4) is 22.8 Å². The van der Waals surface area contributed by atoms with E-state index in [4.69, 9.17) is 25.6 Å². The standard InChI is InChI=1S/C27H26ClFN2O4/c28-19-2-1-3-24(14-19)34-23-10-12-31(13-11-23)16-21(32)17-33-22-7-4-18(5-8-22)27-25-9-6-20(29)15-26(25)30-35-27/h1-9,14-15,21,23,32H,10-13,16-17H2/t21-/m0/s1. The largest absolute Gasteiger partial charge is 0.491 e. The molecule has 1 saturated heterocycles. The average Bonchev–Trinajstić information content (AvgIpc) is 3.27. The molecule has 4 aromatic rings. The van der Waals surface area contributed by atoms with E-state index in [1.807, 2.05) is 48.5 Å². The summed E-state index contributed by atoms with van der Waals surface area (Å²) in [5, 5.41) is 15.8. The summed E-state index contributed by atoms with van der Waals surface area (Å²) in [6, 6.07) is 19.2. The fourth-order valence-corrected chi connectivity index (χ4v) is 4.49. The van der Waals surface area contributed by atoms with E-state index in [1.54, 1.807) is 6.07 Å². The third-order valence-electron chi connectivity index (χ3n) is 6.10. The fourth-order valence-electron chi connectivity index (χ4n) is 4.31. The second-order valence-corrected chi connectivity index (χ2v) is 9.17. The summed E-state index contributed by atoms with van der Waals surface area (Å²) >= 11 is 6.03. The van der Waals surface area contributed by atoms with Gasteiger partial charge in [-0.05, 0) is 67.4 Å². The highest BCUT2D eigenvalue weighted by Crippen LogP contribution is 2.30. The second kappa shape index (κ2) is 10.6. The minimum Gasteiger partial charge on any atom is -0.491 e. The monoisotopic (exact) mass is 496 g/mol. The maximum Gasteiger partial charge on any atom is 0.174 e. The number of fused-ring (bicyclic) bond motifs is 1. The number of rotatable bonds is 8. The van der Waals surface area contributed by atoms with Gasteiger partial charge in [0.05, 0.1) is 0 Å². The van der Waals surface area contributed by atoms with E-state index < -0.39 is 6.10 Å². The van der Waals surface area contributed by atoms with Gasteiger partial charge in [0.25, 0.3) is 0 Å². The predicted molar refractivity (Wildman–Crippen MR) is 132 cm³/mol. The number of β-amino-alcohol motifs (C(OH)–C–C–N with tert-alkyl or cyclic N) is 1. The zero-order chi connectivity index (χ0) is 24.2. The Hall–Kier alpha value is -3.13. The van der Waals surface area contributed by atoms with Crippen LogP contribution >= 0.6 is 11.6 Å². The lowest BCUT2D eigenvalue weighted by Crippen LogP contribution is -2.43. The van der Waals surface area contributed by atoms with Gasteiger partial charge in [0, 0.05) is 41.7 Å². The molecule has 1 atom stereocenters. The van der Waals surface area contributed by atoms with Gasteiger partial charge in [-0.25, -0.2) is 4.39 Å². The minimum absolute atomic E-state index is 0.150. The Bertz CT molecular complexity index is 1270. The summed E-state index contributed by atoms with van der Waals surface area (Å²) in [7, 11) is 0. The van der Waals surface area contributed by atoms with Crippen LogP contribution in [0.2, 0.25) is 5.02 Å². The first kappa shape index (κ1) is 23.6. The number of likely N-dealkylation sites (tertiary alicyclic amines) is 1. The zero-order valence-corrected chi connectivity index (χ0v) is 19.8. The van der Waals surface area contributed by atoms with Crippen LogP contribution in [-0.4, -0.2) is 53.6 Å². The molecular formula is C27H26ClFN2O4. The Kier molecular flexibility index (Phi) is 7.18. The molecule has 1 aliphatic rings. The van der Waals surface area contributed by atoms with Gasteiger partial charge < -0.3 is 24.0 Å². The molecule has 3 aromatic carbocycles. The molecule has 0 unspecified atom stereocenters. The number of hydrogen-bond acceptors (Lipinski definition) is 6. The zero-order valence-electron chi connectivity index (χ0n) is 19.1. The first-order valence-electron chi connectivity index (χ1n) is 11.6. The van der Waals surface area contributed by atoms with E-state index in [1.165, 1.54) is 12.1 Å².